The number of thioether (sulfide) groups is 2. The molecule has 1 aliphatic heterocycles. The van der Waals surface area contributed by atoms with Gasteiger partial charge in [0.05, 0.1) is 12.3 Å². The van der Waals surface area contributed by atoms with Gasteiger partial charge in [-0.2, -0.15) is 0 Å². The summed E-state index contributed by atoms with van der Waals surface area (Å²) in [5, 5.41) is 3.05. The predicted octanol–water partition coefficient (Wildman–Crippen LogP) is 2.96. The minimum Gasteiger partial charge on any atom is -0.353 e. The minimum absolute atomic E-state index is 0.103. The Bertz CT molecular complexity index is 462. The fraction of sp³-hybridized carbons (Fsp3) is 0.467. The van der Waals surface area contributed by atoms with Crippen LogP contribution in [0.1, 0.15) is 18.9 Å². The summed E-state index contributed by atoms with van der Waals surface area (Å²) in [6, 6.07) is 10.6. The van der Waals surface area contributed by atoms with Crippen molar-refractivity contribution in [2.75, 3.05) is 18.1 Å². The highest BCUT2D eigenvalue weighted by molar-refractivity contribution is 8.39. The van der Waals surface area contributed by atoms with Gasteiger partial charge in [-0.3, -0.25) is 9.79 Å². The number of aliphatic imine (C=N–C) groups is 1. The highest BCUT2D eigenvalue weighted by Crippen LogP contribution is 2.21. The summed E-state index contributed by atoms with van der Waals surface area (Å²) < 4.78 is 1.05. The van der Waals surface area contributed by atoms with Gasteiger partial charge >= 0.3 is 0 Å². The fourth-order valence-corrected chi connectivity index (χ4v) is 3.77. The van der Waals surface area contributed by atoms with Crippen LogP contribution in [0.3, 0.4) is 0 Å². The van der Waals surface area contributed by atoms with Crippen LogP contribution in [-0.4, -0.2) is 34.4 Å². The third-order valence-corrected chi connectivity index (χ3v) is 5.25. The van der Waals surface area contributed by atoms with Crippen molar-refractivity contribution in [1.82, 2.24) is 5.32 Å². The van der Waals surface area contributed by atoms with Gasteiger partial charge in [-0.15, -0.1) is 0 Å². The summed E-state index contributed by atoms with van der Waals surface area (Å²) in [6.07, 6.45) is 1.97. The number of amides is 1. The van der Waals surface area contributed by atoms with Crippen LogP contribution in [0.2, 0.25) is 0 Å². The van der Waals surface area contributed by atoms with Crippen molar-refractivity contribution in [2.45, 2.75) is 25.8 Å². The quantitative estimate of drug-likeness (QED) is 0.878. The molecule has 0 unspecified atom stereocenters. The lowest BCUT2D eigenvalue weighted by molar-refractivity contribution is -0.119. The normalized spacial score (nSPS) is 15.8. The van der Waals surface area contributed by atoms with Crippen LogP contribution in [0.15, 0.2) is 35.3 Å². The molecule has 1 atom stereocenters. The highest BCUT2D eigenvalue weighted by atomic mass is 32.2. The first-order valence-corrected chi connectivity index (χ1v) is 8.84. The molecule has 0 saturated carbocycles. The van der Waals surface area contributed by atoms with Crippen molar-refractivity contribution in [3.63, 3.8) is 0 Å². The van der Waals surface area contributed by atoms with Crippen molar-refractivity contribution >= 4 is 33.8 Å². The fourth-order valence-electron chi connectivity index (χ4n) is 1.95. The van der Waals surface area contributed by atoms with E-state index in [1.54, 1.807) is 23.5 Å². The van der Waals surface area contributed by atoms with E-state index in [0.29, 0.717) is 5.75 Å². The van der Waals surface area contributed by atoms with Crippen molar-refractivity contribution in [3.05, 3.63) is 35.9 Å². The van der Waals surface area contributed by atoms with Crippen LogP contribution in [0.25, 0.3) is 0 Å². The van der Waals surface area contributed by atoms with Gasteiger partial charge in [-0.05, 0) is 25.3 Å². The van der Waals surface area contributed by atoms with E-state index in [4.69, 9.17) is 0 Å². The maximum absolute atomic E-state index is 11.8. The molecule has 0 aliphatic carbocycles. The molecule has 1 heterocycles. The zero-order valence-corrected chi connectivity index (χ0v) is 13.3. The number of hydrogen-bond acceptors (Lipinski definition) is 4. The number of nitrogens with one attached hydrogen (secondary N) is 1. The first kappa shape index (κ1) is 15.4. The Morgan fingerprint density at radius 2 is 2.25 bits per heavy atom. The molecule has 0 saturated heterocycles. The van der Waals surface area contributed by atoms with Crippen LogP contribution in [0, 0.1) is 0 Å². The monoisotopic (exact) mass is 308 g/mol. The van der Waals surface area contributed by atoms with Gasteiger partial charge < -0.3 is 5.32 Å². The third kappa shape index (κ3) is 5.59. The Labute approximate surface area is 129 Å². The van der Waals surface area contributed by atoms with E-state index in [9.17, 15) is 4.79 Å². The molecule has 1 aromatic rings. The van der Waals surface area contributed by atoms with E-state index in [0.717, 1.165) is 29.5 Å². The lowest BCUT2D eigenvalue weighted by Gasteiger charge is -2.13. The Hall–Kier alpha value is -0.940. The van der Waals surface area contributed by atoms with Gasteiger partial charge in [0.25, 0.3) is 0 Å². The molecule has 0 radical (unpaired) electrons. The Balaban J connectivity index is 1.63. The Kier molecular flexibility index (Phi) is 6.47. The SMILES string of the molecule is C[C@@H](CCc1ccccc1)NC(=O)CSC1=NCCS1. The van der Waals surface area contributed by atoms with Crippen LogP contribution in [0.5, 0.6) is 0 Å². The van der Waals surface area contributed by atoms with Gasteiger partial charge in [-0.25, -0.2) is 0 Å². The minimum atomic E-state index is 0.103. The molecular formula is C15H20N2OS2. The Morgan fingerprint density at radius 3 is 2.95 bits per heavy atom. The number of aryl methyl sites for hydroxylation is 1. The lowest BCUT2D eigenvalue weighted by Crippen LogP contribution is -2.34. The summed E-state index contributed by atoms with van der Waals surface area (Å²) in [5.74, 6) is 1.63. The lowest BCUT2D eigenvalue weighted by atomic mass is 10.1. The van der Waals surface area contributed by atoms with Crippen molar-refractivity contribution < 1.29 is 4.79 Å². The summed E-state index contributed by atoms with van der Waals surface area (Å²) in [6.45, 7) is 2.95. The molecule has 1 amide bonds. The predicted molar refractivity (Wildman–Crippen MR) is 89.6 cm³/mol. The van der Waals surface area contributed by atoms with Crippen molar-refractivity contribution in [2.24, 2.45) is 4.99 Å². The van der Waals surface area contributed by atoms with Crippen LogP contribution >= 0.6 is 23.5 Å². The maximum atomic E-state index is 11.8. The molecule has 2 rings (SSSR count). The molecule has 0 fully saturated rings. The second-order valence-corrected chi connectivity index (χ2v) is 7.08. The largest absolute Gasteiger partial charge is 0.353 e. The number of nitrogens with zero attached hydrogens (tertiary/aromatic N) is 1. The summed E-state index contributed by atoms with van der Waals surface area (Å²) >= 11 is 3.29. The number of carbonyl (C=O) groups excluding carboxylic acids is 1. The standard InChI is InChI=1S/C15H20N2OS2/c1-12(7-8-13-5-3-2-4-6-13)17-14(18)11-20-15-16-9-10-19-15/h2-6,12H,7-11H2,1H3,(H,17,18)/t12-/m0/s1. The summed E-state index contributed by atoms with van der Waals surface area (Å²) in [5.41, 5.74) is 1.32. The topological polar surface area (TPSA) is 41.5 Å². The second-order valence-electron chi connectivity index (χ2n) is 4.78. The van der Waals surface area contributed by atoms with Crippen LogP contribution in [-0.2, 0) is 11.2 Å². The van der Waals surface area contributed by atoms with Crippen molar-refractivity contribution in [1.29, 1.82) is 0 Å². The second kappa shape index (κ2) is 8.37. The van der Waals surface area contributed by atoms with E-state index in [2.05, 4.69) is 41.5 Å². The molecule has 20 heavy (non-hydrogen) atoms. The van der Waals surface area contributed by atoms with Crippen molar-refractivity contribution in [3.8, 4) is 0 Å². The van der Waals surface area contributed by atoms with Gasteiger partial charge in [0.2, 0.25) is 5.91 Å². The Morgan fingerprint density at radius 1 is 1.45 bits per heavy atom. The maximum Gasteiger partial charge on any atom is 0.230 e. The van der Waals surface area contributed by atoms with Gasteiger partial charge in [0.15, 0.2) is 0 Å². The molecular weight excluding hydrogens is 288 g/mol. The average Bonchev–Trinajstić information content (AvgIpc) is 2.97. The molecule has 5 heteroatoms. The number of rotatable bonds is 6. The molecule has 0 spiro atoms. The van der Waals surface area contributed by atoms with E-state index in [-0.39, 0.29) is 11.9 Å². The molecule has 1 N–H and O–H groups in total. The average molecular weight is 308 g/mol. The molecule has 108 valence electrons. The smallest absolute Gasteiger partial charge is 0.230 e. The van der Waals surface area contributed by atoms with Gasteiger partial charge in [0.1, 0.15) is 4.38 Å². The van der Waals surface area contributed by atoms with Crippen LogP contribution in [0.4, 0.5) is 0 Å². The van der Waals surface area contributed by atoms with Gasteiger partial charge in [0, 0.05) is 11.8 Å². The molecule has 0 aromatic heterocycles. The van der Waals surface area contributed by atoms with E-state index >= 15 is 0 Å². The van der Waals surface area contributed by atoms with Crippen LogP contribution < -0.4 is 5.32 Å². The highest BCUT2D eigenvalue weighted by Gasteiger charge is 2.12. The van der Waals surface area contributed by atoms with E-state index < -0.39 is 0 Å². The summed E-state index contributed by atoms with van der Waals surface area (Å²) in [4.78, 5) is 16.2. The first-order valence-electron chi connectivity index (χ1n) is 6.87. The molecule has 3 nitrogen and oxygen atoms in total. The zero-order valence-electron chi connectivity index (χ0n) is 11.7. The molecule has 1 aromatic carbocycles. The number of benzene rings is 1. The van der Waals surface area contributed by atoms with Gasteiger partial charge in [-0.1, -0.05) is 53.9 Å². The third-order valence-electron chi connectivity index (χ3n) is 3.00. The summed E-state index contributed by atoms with van der Waals surface area (Å²) in [7, 11) is 0. The van der Waals surface area contributed by atoms with E-state index in [1.807, 2.05) is 6.07 Å². The van der Waals surface area contributed by atoms with E-state index in [1.165, 1.54) is 5.56 Å². The zero-order chi connectivity index (χ0) is 14.2. The number of carbonyl (C=O) groups is 1. The molecule has 1 aliphatic rings. The first-order chi connectivity index (χ1) is 9.74. The molecule has 0 bridgehead atoms. The number of hydrogen-bond donors (Lipinski definition) is 1.